The number of carboxylic acids is 2. The molecule has 110 valence electrons. The Morgan fingerprint density at radius 2 is 2.05 bits per heavy atom. The highest BCUT2D eigenvalue weighted by Gasteiger charge is 2.15. The van der Waals surface area contributed by atoms with Crippen LogP contribution in [0.5, 0.6) is 0 Å². The second-order valence-corrected chi connectivity index (χ2v) is 4.18. The van der Waals surface area contributed by atoms with Gasteiger partial charge in [-0.2, -0.15) is 0 Å². The van der Waals surface area contributed by atoms with E-state index in [0.29, 0.717) is 0 Å². The molecular formula is C12H17N3O5. The van der Waals surface area contributed by atoms with Gasteiger partial charge < -0.3 is 25.0 Å². The lowest BCUT2D eigenvalue weighted by Gasteiger charge is -2.22. The van der Waals surface area contributed by atoms with E-state index in [4.69, 9.17) is 24.3 Å². The van der Waals surface area contributed by atoms with E-state index in [1.165, 1.54) is 5.57 Å². The Hall–Kier alpha value is -2.35. The van der Waals surface area contributed by atoms with Crippen molar-refractivity contribution >= 4 is 23.4 Å². The van der Waals surface area contributed by atoms with E-state index >= 15 is 0 Å². The largest absolute Gasteiger partial charge is 0.473 e. The standard InChI is InChI=1S/C10H15N3O.C2H2O4/c1-11-10-9(6-12-14-10)8-4-3-5-13(2)7-8;3-1(4)2(5)6/h4,6,11H,3,5,7H2,1-2H3;(H,3,4)(H,5,6). The molecule has 0 unspecified atom stereocenters. The summed E-state index contributed by atoms with van der Waals surface area (Å²) in [6, 6.07) is 0. The maximum Gasteiger partial charge on any atom is 0.414 e. The van der Waals surface area contributed by atoms with Gasteiger partial charge >= 0.3 is 11.9 Å². The number of hydrogen-bond acceptors (Lipinski definition) is 6. The van der Waals surface area contributed by atoms with Gasteiger partial charge in [-0.25, -0.2) is 9.59 Å². The van der Waals surface area contributed by atoms with Gasteiger partial charge in [0.05, 0.1) is 11.8 Å². The van der Waals surface area contributed by atoms with Crippen LogP contribution in [0.25, 0.3) is 5.57 Å². The first-order chi connectivity index (χ1) is 9.45. The van der Waals surface area contributed by atoms with Crippen LogP contribution in [-0.2, 0) is 9.59 Å². The average Bonchev–Trinajstić information content (AvgIpc) is 2.87. The fourth-order valence-corrected chi connectivity index (χ4v) is 1.74. The van der Waals surface area contributed by atoms with Crippen molar-refractivity contribution < 1.29 is 24.3 Å². The normalized spacial score (nSPS) is 14.8. The van der Waals surface area contributed by atoms with Crippen LogP contribution in [0.1, 0.15) is 12.0 Å². The molecule has 0 fully saturated rings. The molecule has 0 saturated carbocycles. The molecule has 3 N–H and O–H groups in total. The van der Waals surface area contributed by atoms with Gasteiger partial charge in [0.1, 0.15) is 0 Å². The maximum absolute atomic E-state index is 9.10. The topological polar surface area (TPSA) is 116 Å². The van der Waals surface area contributed by atoms with E-state index in [2.05, 4.69) is 28.5 Å². The van der Waals surface area contributed by atoms with Crippen molar-refractivity contribution in [3.05, 3.63) is 17.8 Å². The summed E-state index contributed by atoms with van der Waals surface area (Å²) < 4.78 is 5.08. The van der Waals surface area contributed by atoms with Crippen molar-refractivity contribution in [2.75, 3.05) is 32.5 Å². The van der Waals surface area contributed by atoms with E-state index < -0.39 is 11.9 Å². The van der Waals surface area contributed by atoms with Crippen molar-refractivity contribution in [3.63, 3.8) is 0 Å². The minimum absolute atomic E-state index is 0.756. The summed E-state index contributed by atoms with van der Waals surface area (Å²) in [4.78, 5) is 20.5. The van der Waals surface area contributed by atoms with Gasteiger partial charge in [0.2, 0.25) is 5.88 Å². The minimum atomic E-state index is -1.82. The predicted molar refractivity (Wildman–Crippen MR) is 71.4 cm³/mol. The number of carbonyl (C=O) groups is 2. The first-order valence-corrected chi connectivity index (χ1v) is 5.92. The zero-order valence-electron chi connectivity index (χ0n) is 11.3. The number of likely N-dealkylation sites (N-methyl/N-ethyl adjacent to an activating group) is 1. The van der Waals surface area contributed by atoms with Crippen molar-refractivity contribution in [2.24, 2.45) is 0 Å². The Bertz CT molecular complexity index is 497. The lowest BCUT2D eigenvalue weighted by molar-refractivity contribution is -0.159. The molecule has 0 saturated heterocycles. The number of anilines is 1. The molecule has 2 rings (SSSR count). The zero-order valence-corrected chi connectivity index (χ0v) is 11.3. The van der Waals surface area contributed by atoms with Gasteiger partial charge in [0, 0.05) is 20.1 Å². The van der Waals surface area contributed by atoms with Gasteiger partial charge in [-0.3, -0.25) is 0 Å². The molecule has 1 aromatic rings. The Morgan fingerprint density at radius 1 is 1.40 bits per heavy atom. The summed E-state index contributed by atoms with van der Waals surface area (Å²) in [6.45, 7) is 2.10. The van der Waals surface area contributed by atoms with Gasteiger partial charge in [0.15, 0.2) is 0 Å². The Balaban J connectivity index is 0.000000286. The van der Waals surface area contributed by atoms with Crippen LogP contribution < -0.4 is 5.32 Å². The number of nitrogens with one attached hydrogen (secondary N) is 1. The molecule has 0 atom stereocenters. The lowest BCUT2D eigenvalue weighted by Crippen LogP contribution is -2.24. The average molecular weight is 283 g/mol. The minimum Gasteiger partial charge on any atom is -0.473 e. The summed E-state index contributed by atoms with van der Waals surface area (Å²) in [7, 11) is 3.97. The quantitative estimate of drug-likeness (QED) is 0.675. The highest BCUT2D eigenvalue weighted by Crippen LogP contribution is 2.26. The maximum atomic E-state index is 9.10. The van der Waals surface area contributed by atoms with Gasteiger partial charge in [-0.1, -0.05) is 11.2 Å². The summed E-state index contributed by atoms with van der Waals surface area (Å²) in [5.41, 5.74) is 2.38. The summed E-state index contributed by atoms with van der Waals surface area (Å²) in [6.07, 6.45) is 5.13. The molecule has 0 amide bonds. The molecule has 0 aromatic carbocycles. The molecule has 0 spiro atoms. The van der Waals surface area contributed by atoms with Crippen molar-refractivity contribution in [2.45, 2.75) is 6.42 Å². The molecule has 1 aliphatic rings. The van der Waals surface area contributed by atoms with Gasteiger partial charge in [0.25, 0.3) is 0 Å². The van der Waals surface area contributed by atoms with Crippen molar-refractivity contribution in [3.8, 4) is 0 Å². The number of rotatable bonds is 2. The summed E-state index contributed by atoms with van der Waals surface area (Å²) in [5, 5.41) is 21.6. The van der Waals surface area contributed by atoms with E-state index in [1.54, 1.807) is 6.20 Å². The van der Waals surface area contributed by atoms with Crippen LogP contribution in [0, 0.1) is 0 Å². The third-order valence-electron chi connectivity index (χ3n) is 2.67. The van der Waals surface area contributed by atoms with E-state index in [1.807, 2.05) is 7.05 Å². The fourth-order valence-electron chi connectivity index (χ4n) is 1.74. The molecule has 0 bridgehead atoms. The van der Waals surface area contributed by atoms with Crippen LogP contribution in [0.3, 0.4) is 0 Å². The van der Waals surface area contributed by atoms with Crippen LogP contribution in [0.2, 0.25) is 0 Å². The molecule has 1 aromatic heterocycles. The number of hydrogen-bond donors (Lipinski definition) is 3. The number of aromatic nitrogens is 1. The number of carboxylic acid groups (broad SMARTS) is 2. The highest BCUT2D eigenvalue weighted by atomic mass is 16.5. The first-order valence-electron chi connectivity index (χ1n) is 5.92. The lowest BCUT2D eigenvalue weighted by atomic mass is 10.0. The predicted octanol–water partition coefficient (Wildman–Crippen LogP) is 0.591. The van der Waals surface area contributed by atoms with E-state index in [-0.39, 0.29) is 0 Å². The van der Waals surface area contributed by atoms with Crippen molar-refractivity contribution in [1.82, 2.24) is 10.1 Å². The number of nitrogens with zero attached hydrogens (tertiary/aromatic N) is 2. The molecule has 0 radical (unpaired) electrons. The third-order valence-corrected chi connectivity index (χ3v) is 2.67. The monoisotopic (exact) mass is 283 g/mol. The molecule has 8 nitrogen and oxygen atoms in total. The van der Waals surface area contributed by atoms with E-state index in [9.17, 15) is 0 Å². The smallest absolute Gasteiger partial charge is 0.414 e. The first kappa shape index (κ1) is 15.7. The SMILES string of the molecule is CNc1oncc1C1=CCCN(C)C1.O=C(O)C(=O)O. The highest BCUT2D eigenvalue weighted by molar-refractivity contribution is 6.27. The van der Waals surface area contributed by atoms with Crippen LogP contribution >= 0.6 is 0 Å². The summed E-state index contributed by atoms with van der Waals surface area (Å²) in [5.74, 6) is -2.89. The Morgan fingerprint density at radius 3 is 2.55 bits per heavy atom. The second kappa shape index (κ2) is 7.29. The molecule has 0 aliphatic carbocycles. The molecule has 20 heavy (non-hydrogen) atoms. The number of aliphatic carboxylic acids is 2. The van der Waals surface area contributed by atoms with Gasteiger partial charge in [-0.15, -0.1) is 0 Å². The van der Waals surface area contributed by atoms with E-state index in [0.717, 1.165) is 31.0 Å². The Kier molecular flexibility index (Phi) is 5.73. The molecule has 1 aliphatic heterocycles. The van der Waals surface area contributed by atoms with Gasteiger partial charge in [-0.05, 0) is 19.0 Å². The second-order valence-electron chi connectivity index (χ2n) is 4.18. The molecular weight excluding hydrogens is 266 g/mol. The van der Waals surface area contributed by atoms with Crippen LogP contribution in [-0.4, -0.2) is 59.4 Å². The summed E-state index contributed by atoms with van der Waals surface area (Å²) >= 11 is 0. The Labute approximate surface area is 115 Å². The zero-order chi connectivity index (χ0) is 15.1. The van der Waals surface area contributed by atoms with Crippen LogP contribution in [0.15, 0.2) is 16.8 Å². The van der Waals surface area contributed by atoms with Crippen LogP contribution in [0.4, 0.5) is 5.88 Å². The van der Waals surface area contributed by atoms with Crippen molar-refractivity contribution in [1.29, 1.82) is 0 Å². The fraction of sp³-hybridized carbons (Fsp3) is 0.417. The molecule has 8 heteroatoms. The third kappa shape index (κ3) is 4.39. The molecule has 2 heterocycles.